The van der Waals surface area contributed by atoms with Crippen LogP contribution in [0.25, 0.3) is 0 Å². The van der Waals surface area contributed by atoms with Crippen LogP contribution in [0.3, 0.4) is 0 Å². The first kappa shape index (κ1) is 12.6. The van der Waals surface area contributed by atoms with Gasteiger partial charge in [0.15, 0.2) is 5.13 Å². The van der Waals surface area contributed by atoms with Gasteiger partial charge in [-0.3, -0.25) is 9.69 Å². The highest BCUT2D eigenvalue weighted by atomic mass is 32.1. The van der Waals surface area contributed by atoms with Crippen LogP contribution in [0.2, 0.25) is 0 Å². The quantitative estimate of drug-likeness (QED) is 0.802. The Labute approximate surface area is 104 Å². The first-order valence-electron chi connectivity index (χ1n) is 4.84. The van der Waals surface area contributed by atoms with Crippen LogP contribution in [0.15, 0.2) is 35.8 Å². The van der Waals surface area contributed by atoms with E-state index in [2.05, 4.69) is 4.98 Å². The second kappa shape index (κ2) is 4.77. The molecule has 18 heavy (non-hydrogen) atoms. The van der Waals surface area contributed by atoms with E-state index in [1.807, 2.05) is 0 Å². The monoisotopic (exact) mass is 272 g/mol. The van der Waals surface area contributed by atoms with Crippen molar-refractivity contribution in [3.05, 3.63) is 41.4 Å². The Morgan fingerprint density at radius 3 is 2.56 bits per heavy atom. The van der Waals surface area contributed by atoms with Crippen LogP contribution in [-0.4, -0.2) is 11.4 Å². The number of thiazole rings is 1. The van der Waals surface area contributed by atoms with E-state index in [4.69, 9.17) is 0 Å². The number of amides is 1. The number of carbonyl (C=O) groups excluding carboxylic acids is 1. The maximum Gasteiger partial charge on any atom is 0.418 e. The Hall–Kier alpha value is -1.89. The molecule has 0 atom stereocenters. The van der Waals surface area contributed by atoms with Crippen LogP contribution in [0.1, 0.15) is 5.56 Å². The lowest BCUT2D eigenvalue weighted by Crippen LogP contribution is -2.19. The molecule has 2 aromatic rings. The number of nitrogens with zero attached hydrogens (tertiary/aromatic N) is 2. The van der Waals surface area contributed by atoms with Gasteiger partial charge in [-0.15, -0.1) is 11.3 Å². The Morgan fingerprint density at radius 2 is 2.00 bits per heavy atom. The van der Waals surface area contributed by atoms with Gasteiger partial charge in [0, 0.05) is 11.6 Å². The Balaban J connectivity index is 2.53. The Kier molecular flexibility index (Phi) is 3.33. The van der Waals surface area contributed by atoms with Crippen LogP contribution in [0.4, 0.5) is 24.0 Å². The van der Waals surface area contributed by atoms with Crippen molar-refractivity contribution in [1.29, 1.82) is 0 Å². The number of para-hydroxylation sites is 1. The average molecular weight is 272 g/mol. The molecule has 0 aliphatic heterocycles. The highest BCUT2D eigenvalue weighted by Crippen LogP contribution is 2.38. The van der Waals surface area contributed by atoms with Gasteiger partial charge in [0.05, 0.1) is 11.3 Å². The highest BCUT2D eigenvalue weighted by molar-refractivity contribution is 7.13. The molecule has 0 saturated heterocycles. The van der Waals surface area contributed by atoms with E-state index in [1.54, 1.807) is 5.38 Å². The molecule has 1 aromatic carbocycles. The number of hydrogen-bond donors (Lipinski definition) is 0. The molecule has 0 aliphatic carbocycles. The third kappa shape index (κ3) is 2.35. The van der Waals surface area contributed by atoms with E-state index in [0.717, 1.165) is 22.3 Å². The number of hydrogen-bond acceptors (Lipinski definition) is 3. The van der Waals surface area contributed by atoms with Crippen molar-refractivity contribution in [2.24, 2.45) is 0 Å². The summed E-state index contributed by atoms with van der Waals surface area (Å²) in [5.41, 5.74) is -1.10. The molecule has 3 nitrogen and oxygen atoms in total. The van der Waals surface area contributed by atoms with Crippen molar-refractivity contribution in [3.8, 4) is 0 Å². The molecule has 0 unspecified atom stereocenters. The summed E-state index contributed by atoms with van der Waals surface area (Å²) in [5.74, 6) is 0. The Bertz CT molecular complexity index is 539. The molecule has 0 N–H and O–H groups in total. The number of alkyl halides is 3. The molecule has 0 aliphatic rings. The molecule has 7 heteroatoms. The molecule has 0 fully saturated rings. The fourth-order valence-corrected chi connectivity index (χ4v) is 2.08. The zero-order valence-electron chi connectivity index (χ0n) is 8.89. The van der Waals surface area contributed by atoms with Crippen molar-refractivity contribution < 1.29 is 18.0 Å². The van der Waals surface area contributed by atoms with Crippen LogP contribution >= 0.6 is 11.3 Å². The highest BCUT2D eigenvalue weighted by Gasteiger charge is 2.35. The summed E-state index contributed by atoms with van der Waals surface area (Å²) in [6.45, 7) is 0. The summed E-state index contributed by atoms with van der Waals surface area (Å²) in [4.78, 5) is 15.7. The van der Waals surface area contributed by atoms with Crippen LogP contribution < -0.4 is 4.90 Å². The predicted octanol–water partition coefficient (Wildman–Crippen LogP) is 3.46. The average Bonchev–Trinajstić information content (AvgIpc) is 2.83. The van der Waals surface area contributed by atoms with E-state index in [1.165, 1.54) is 24.4 Å². The van der Waals surface area contributed by atoms with Gasteiger partial charge < -0.3 is 0 Å². The van der Waals surface area contributed by atoms with Crippen molar-refractivity contribution in [2.45, 2.75) is 6.18 Å². The third-order valence-corrected chi connectivity index (χ3v) is 2.97. The smallest absolute Gasteiger partial charge is 0.278 e. The first-order valence-corrected chi connectivity index (χ1v) is 5.72. The fraction of sp³-hybridized carbons (Fsp3) is 0.0909. The van der Waals surface area contributed by atoms with E-state index in [-0.39, 0.29) is 10.8 Å². The molecule has 0 saturated carbocycles. The molecule has 0 radical (unpaired) electrons. The lowest BCUT2D eigenvalue weighted by atomic mass is 10.1. The number of benzene rings is 1. The fourth-order valence-electron chi connectivity index (χ4n) is 1.46. The molecule has 2 rings (SSSR count). The van der Waals surface area contributed by atoms with Crippen molar-refractivity contribution in [2.75, 3.05) is 4.90 Å². The molecule has 94 valence electrons. The van der Waals surface area contributed by atoms with Gasteiger partial charge in [-0.1, -0.05) is 12.1 Å². The summed E-state index contributed by atoms with van der Waals surface area (Å²) in [6.07, 6.45) is -2.77. The molecule has 1 amide bonds. The molecule has 1 aromatic heterocycles. The number of anilines is 2. The minimum atomic E-state index is -4.52. The van der Waals surface area contributed by atoms with E-state index in [0.29, 0.717) is 6.41 Å². The van der Waals surface area contributed by atoms with Gasteiger partial charge in [0.25, 0.3) is 0 Å². The number of aromatic nitrogens is 1. The van der Waals surface area contributed by atoms with Gasteiger partial charge in [0.2, 0.25) is 6.41 Å². The maximum atomic E-state index is 12.8. The first-order chi connectivity index (χ1) is 8.54. The van der Waals surface area contributed by atoms with E-state index >= 15 is 0 Å². The zero-order valence-corrected chi connectivity index (χ0v) is 9.70. The summed E-state index contributed by atoms with van der Waals surface area (Å²) in [6, 6.07) is 4.88. The maximum absolute atomic E-state index is 12.8. The van der Waals surface area contributed by atoms with Gasteiger partial charge in [-0.05, 0) is 12.1 Å². The van der Waals surface area contributed by atoms with Crippen LogP contribution in [-0.2, 0) is 11.0 Å². The summed E-state index contributed by atoms with van der Waals surface area (Å²) < 4.78 is 38.5. The van der Waals surface area contributed by atoms with Gasteiger partial charge in [0.1, 0.15) is 0 Å². The molecular formula is C11H7F3N2OS. The topological polar surface area (TPSA) is 33.2 Å². The normalized spacial score (nSPS) is 11.3. The van der Waals surface area contributed by atoms with Crippen LogP contribution in [0, 0.1) is 0 Å². The van der Waals surface area contributed by atoms with Gasteiger partial charge in [-0.25, -0.2) is 4.98 Å². The molecule has 1 heterocycles. The molecule has 0 bridgehead atoms. The van der Waals surface area contributed by atoms with E-state index in [9.17, 15) is 18.0 Å². The molecule has 0 spiro atoms. The summed E-state index contributed by atoms with van der Waals surface area (Å²) in [7, 11) is 0. The summed E-state index contributed by atoms with van der Waals surface area (Å²) >= 11 is 1.09. The minimum absolute atomic E-state index is 0.196. The van der Waals surface area contributed by atoms with Crippen LogP contribution in [0.5, 0.6) is 0 Å². The minimum Gasteiger partial charge on any atom is -0.278 e. The third-order valence-electron chi connectivity index (χ3n) is 2.20. The largest absolute Gasteiger partial charge is 0.418 e. The van der Waals surface area contributed by atoms with Crippen molar-refractivity contribution >= 4 is 28.6 Å². The van der Waals surface area contributed by atoms with Gasteiger partial charge >= 0.3 is 6.18 Å². The second-order valence-electron chi connectivity index (χ2n) is 3.30. The number of halogens is 3. The zero-order chi connectivity index (χ0) is 13.2. The predicted molar refractivity (Wildman–Crippen MR) is 61.8 cm³/mol. The lowest BCUT2D eigenvalue weighted by Gasteiger charge is -2.19. The standard InChI is InChI=1S/C11H7F3N2OS/c12-11(13,14)8-3-1-2-4-9(8)16(7-17)10-15-5-6-18-10/h1-7H. The van der Waals surface area contributed by atoms with Crippen molar-refractivity contribution in [3.63, 3.8) is 0 Å². The van der Waals surface area contributed by atoms with Gasteiger partial charge in [-0.2, -0.15) is 13.2 Å². The molecular weight excluding hydrogens is 265 g/mol. The number of carbonyl (C=O) groups is 1. The van der Waals surface area contributed by atoms with Crippen molar-refractivity contribution in [1.82, 2.24) is 4.98 Å². The second-order valence-corrected chi connectivity index (χ2v) is 4.18. The Morgan fingerprint density at radius 1 is 1.28 bits per heavy atom. The lowest BCUT2D eigenvalue weighted by molar-refractivity contribution is -0.137. The number of rotatable bonds is 3. The SMILES string of the molecule is O=CN(c1nccs1)c1ccccc1C(F)(F)F. The summed E-state index contributed by atoms with van der Waals surface area (Å²) in [5, 5.41) is 1.78. The van der Waals surface area contributed by atoms with E-state index < -0.39 is 11.7 Å².